The van der Waals surface area contributed by atoms with Gasteiger partial charge < -0.3 is 5.73 Å². The lowest BCUT2D eigenvalue weighted by Crippen LogP contribution is -2.28. The second-order valence-corrected chi connectivity index (χ2v) is 4.80. The van der Waals surface area contributed by atoms with Crippen molar-refractivity contribution < 1.29 is 0 Å². The van der Waals surface area contributed by atoms with Crippen molar-refractivity contribution in [1.29, 1.82) is 0 Å². The molecule has 0 saturated carbocycles. The molecule has 1 aliphatic rings. The summed E-state index contributed by atoms with van der Waals surface area (Å²) >= 11 is 3.93. The van der Waals surface area contributed by atoms with Crippen LogP contribution in [0.4, 0.5) is 0 Å². The van der Waals surface area contributed by atoms with Gasteiger partial charge in [0.15, 0.2) is 0 Å². The van der Waals surface area contributed by atoms with E-state index in [0.29, 0.717) is 6.04 Å². The normalized spacial score (nSPS) is 33.0. The maximum Gasteiger partial charge on any atom is 0.0167 e. The van der Waals surface area contributed by atoms with Crippen LogP contribution in [-0.2, 0) is 0 Å². The summed E-state index contributed by atoms with van der Waals surface area (Å²) in [5.74, 6) is 4.55. The molecule has 0 aromatic heterocycles. The zero-order valence-corrected chi connectivity index (χ0v) is 8.01. The summed E-state index contributed by atoms with van der Waals surface area (Å²) in [5.41, 5.74) is 5.89. The van der Waals surface area contributed by atoms with Crippen LogP contribution < -0.4 is 5.73 Å². The second-order valence-electron chi connectivity index (χ2n) is 2.74. The van der Waals surface area contributed by atoms with E-state index in [4.69, 9.17) is 5.73 Å². The van der Waals surface area contributed by atoms with E-state index in [9.17, 15) is 0 Å². The predicted octanol–water partition coefficient (Wildman–Crippen LogP) is 1.43. The maximum absolute atomic E-state index is 5.89. The van der Waals surface area contributed by atoms with Crippen LogP contribution in [-0.4, -0.2) is 29.6 Å². The molecule has 1 rings (SSSR count). The first-order valence-electron chi connectivity index (χ1n) is 3.67. The van der Waals surface area contributed by atoms with Crippen molar-refractivity contribution in [1.82, 2.24) is 0 Å². The molecule has 2 unspecified atom stereocenters. The van der Waals surface area contributed by atoms with E-state index < -0.39 is 0 Å². The van der Waals surface area contributed by atoms with Gasteiger partial charge in [-0.05, 0) is 30.1 Å². The van der Waals surface area contributed by atoms with Gasteiger partial charge in [0.1, 0.15) is 0 Å². The molecule has 1 heterocycles. The van der Waals surface area contributed by atoms with Gasteiger partial charge in [-0.3, -0.25) is 0 Å². The molecular formula is C7H15NS2. The Labute approximate surface area is 71.5 Å². The van der Waals surface area contributed by atoms with Gasteiger partial charge in [0, 0.05) is 11.8 Å². The average molecular weight is 177 g/mol. The smallest absolute Gasteiger partial charge is 0.0167 e. The van der Waals surface area contributed by atoms with Crippen LogP contribution in [0.1, 0.15) is 6.42 Å². The fourth-order valence-electron chi connectivity index (χ4n) is 1.18. The molecule has 10 heavy (non-hydrogen) atoms. The number of rotatable bonds is 3. The van der Waals surface area contributed by atoms with E-state index in [1.807, 2.05) is 23.5 Å². The van der Waals surface area contributed by atoms with E-state index in [1.54, 1.807) is 0 Å². The predicted molar refractivity (Wildman–Crippen MR) is 51.8 cm³/mol. The Bertz CT molecular complexity index is 97.6. The molecule has 60 valence electrons. The van der Waals surface area contributed by atoms with E-state index in [-0.39, 0.29) is 0 Å². The van der Waals surface area contributed by atoms with E-state index >= 15 is 0 Å². The van der Waals surface area contributed by atoms with Crippen molar-refractivity contribution in [3.63, 3.8) is 0 Å². The fourth-order valence-corrected chi connectivity index (χ4v) is 3.12. The van der Waals surface area contributed by atoms with E-state index in [0.717, 1.165) is 5.92 Å². The summed E-state index contributed by atoms with van der Waals surface area (Å²) in [6.07, 6.45) is 3.48. The topological polar surface area (TPSA) is 26.0 Å². The molecule has 1 fully saturated rings. The molecule has 2 N–H and O–H groups in total. The monoisotopic (exact) mass is 177 g/mol. The van der Waals surface area contributed by atoms with Gasteiger partial charge in [0.05, 0.1) is 0 Å². The van der Waals surface area contributed by atoms with Crippen molar-refractivity contribution in [2.75, 3.05) is 23.5 Å². The van der Waals surface area contributed by atoms with Crippen LogP contribution >= 0.6 is 23.5 Å². The van der Waals surface area contributed by atoms with Crippen molar-refractivity contribution in [3.05, 3.63) is 0 Å². The number of hydrogen-bond donors (Lipinski definition) is 1. The van der Waals surface area contributed by atoms with Gasteiger partial charge in [-0.25, -0.2) is 0 Å². The first-order valence-corrected chi connectivity index (χ1v) is 6.21. The summed E-state index contributed by atoms with van der Waals surface area (Å²) in [7, 11) is 0. The quantitative estimate of drug-likeness (QED) is 0.706. The molecule has 0 aromatic carbocycles. The fraction of sp³-hybridized carbons (Fsp3) is 1.00. The number of nitrogens with two attached hydrogens (primary N) is 1. The SMILES string of the molecule is CSCCC1CSCC1N. The first-order chi connectivity index (χ1) is 4.84. The zero-order valence-electron chi connectivity index (χ0n) is 6.38. The standard InChI is InChI=1S/C7H15NS2/c1-9-3-2-6-4-10-5-7(6)8/h6-7H,2-5,8H2,1H3. The molecule has 0 aliphatic carbocycles. The highest BCUT2D eigenvalue weighted by atomic mass is 32.2. The molecule has 2 atom stereocenters. The molecule has 3 heteroatoms. The molecule has 1 nitrogen and oxygen atoms in total. The third-order valence-electron chi connectivity index (χ3n) is 1.94. The Morgan fingerprint density at radius 3 is 2.90 bits per heavy atom. The lowest BCUT2D eigenvalue weighted by molar-refractivity contribution is 0.506. The van der Waals surface area contributed by atoms with Crippen molar-refractivity contribution in [3.8, 4) is 0 Å². The highest BCUT2D eigenvalue weighted by Gasteiger charge is 2.23. The zero-order chi connectivity index (χ0) is 7.40. The minimum Gasteiger partial charge on any atom is -0.327 e. The van der Waals surface area contributed by atoms with Crippen LogP contribution in [0.25, 0.3) is 0 Å². The van der Waals surface area contributed by atoms with Gasteiger partial charge >= 0.3 is 0 Å². The van der Waals surface area contributed by atoms with Crippen LogP contribution in [0.2, 0.25) is 0 Å². The number of thioether (sulfide) groups is 2. The van der Waals surface area contributed by atoms with Gasteiger partial charge in [0.2, 0.25) is 0 Å². The molecule has 1 aliphatic heterocycles. The first kappa shape index (κ1) is 8.75. The van der Waals surface area contributed by atoms with Crippen LogP contribution in [0.15, 0.2) is 0 Å². The molecule has 0 aromatic rings. The molecular weight excluding hydrogens is 162 g/mol. The summed E-state index contributed by atoms with van der Waals surface area (Å²) < 4.78 is 0. The van der Waals surface area contributed by atoms with Crippen LogP contribution in [0.3, 0.4) is 0 Å². The van der Waals surface area contributed by atoms with E-state index in [1.165, 1.54) is 23.7 Å². The highest BCUT2D eigenvalue weighted by molar-refractivity contribution is 7.99. The lowest BCUT2D eigenvalue weighted by atomic mass is 10.0. The Morgan fingerprint density at radius 2 is 2.40 bits per heavy atom. The minimum atomic E-state index is 0.483. The van der Waals surface area contributed by atoms with Gasteiger partial charge in [-0.15, -0.1) is 0 Å². The summed E-state index contributed by atoms with van der Waals surface area (Å²) in [6, 6.07) is 0.483. The summed E-state index contributed by atoms with van der Waals surface area (Å²) in [4.78, 5) is 0. The molecule has 0 radical (unpaired) electrons. The van der Waals surface area contributed by atoms with Crippen LogP contribution in [0, 0.1) is 5.92 Å². The Kier molecular flexibility index (Phi) is 3.96. The van der Waals surface area contributed by atoms with Gasteiger partial charge in [-0.2, -0.15) is 23.5 Å². The van der Waals surface area contributed by atoms with Crippen molar-refractivity contribution in [2.45, 2.75) is 12.5 Å². The molecule has 0 spiro atoms. The molecule has 0 amide bonds. The van der Waals surface area contributed by atoms with Crippen molar-refractivity contribution in [2.24, 2.45) is 11.7 Å². The maximum atomic E-state index is 5.89. The third-order valence-corrected chi connectivity index (χ3v) is 3.87. The van der Waals surface area contributed by atoms with Gasteiger partial charge in [0.25, 0.3) is 0 Å². The Hall–Kier alpha value is 0.660. The third kappa shape index (κ3) is 2.36. The minimum absolute atomic E-state index is 0.483. The second kappa shape index (κ2) is 4.52. The van der Waals surface area contributed by atoms with E-state index in [2.05, 4.69) is 6.26 Å². The van der Waals surface area contributed by atoms with Crippen molar-refractivity contribution >= 4 is 23.5 Å². The molecule has 0 bridgehead atoms. The Morgan fingerprint density at radius 1 is 1.60 bits per heavy atom. The number of hydrogen-bond acceptors (Lipinski definition) is 3. The van der Waals surface area contributed by atoms with Crippen LogP contribution in [0.5, 0.6) is 0 Å². The molecule has 1 saturated heterocycles. The van der Waals surface area contributed by atoms with Gasteiger partial charge in [-0.1, -0.05) is 0 Å². The largest absolute Gasteiger partial charge is 0.327 e. The summed E-state index contributed by atoms with van der Waals surface area (Å²) in [6.45, 7) is 0. The highest BCUT2D eigenvalue weighted by Crippen LogP contribution is 2.25. The Balaban J connectivity index is 2.14. The lowest BCUT2D eigenvalue weighted by Gasteiger charge is -2.12. The summed E-state index contributed by atoms with van der Waals surface area (Å²) in [5, 5.41) is 0. The average Bonchev–Trinajstić information content (AvgIpc) is 2.31.